The average molecular weight is 432 g/mol. The number of aromatic nitrogens is 1. The van der Waals surface area contributed by atoms with Crippen molar-refractivity contribution in [2.24, 2.45) is 0 Å². The Labute approximate surface area is 178 Å². The van der Waals surface area contributed by atoms with E-state index in [9.17, 15) is 9.90 Å². The summed E-state index contributed by atoms with van der Waals surface area (Å²) in [6, 6.07) is 12.3. The first-order chi connectivity index (χ1) is 14.0. The first kappa shape index (κ1) is 19.6. The highest BCUT2D eigenvalue weighted by Crippen LogP contribution is 2.37. The van der Waals surface area contributed by atoms with Crippen LogP contribution in [0, 0.1) is 6.92 Å². The van der Waals surface area contributed by atoms with Gasteiger partial charge in [0.2, 0.25) is 0 Å². The number of carbonyl (C=O) groups excluding carboxylic acids is 1. The van der Waals surface area contributed by atoms with Crippen LogP contribution in [-0.4, -0.2) is 47.2 Å². The Morgan fingerprint density at radius 3 is 2.34 bits per heavy atom. The van der Waals surface area contributed by atoms with Crippen molar-refractivity contribution in [3.05, 3.63) is 63.8 Å². The van der Waals surface area contributed by atoms with Crippen molar-refractivity contribution < 1.29 is 14.4 Å². The lowest BCUT2D eigenvalue weighted by molar-refractivity contribution is 0.0745. The molecule has 3 aromatic rings. The summed E-state index contributed by atoms with van der Waals surface area (Å²) in [7, 11) is 0. The molecule has 1 aromatic heterocycles. The second-order valence-corrected chi connectivity index (χ2v) is 7.64. The zero-order valence-corrected chi connectivity index (χ0v) is 17.2. The molecule has 6 nitrogen and oxygen atoms in total. The monoisotopic (exact) mass is 431 g/mol. The molecule has 1 fully saturated rings. The van der Waals surface area contributed by atoms with Gasteiger partial charge in [0.25, 0.3) is 5.91 Å². The molecule has 150 valence electrons. The number of phenolic OH excluding ortho intramolecular Hbond substituents is 1. The number of benzene rings is 2. The van der Waals surface area contributed by atoms with E-state index in [4.69, 9.17) is 27.7 Å². The number of halogens is 2. The van der Waals surface area contributed by atoms with E-state index in [0.29, 0.717) is 58.8 Å². The van der Waals surface area contributed by atoms with Gasteiger partial charge >= 0.3 is 0 Å². The minimum absolute atomic E-state index is 0.174. The summed E-state index contributed by atoms with van der Waals surface area (Å²) in [5, 5.41) is 14.9. The SMILES string of the molecule is Cc1onc(-c2c(Cl)cccc2Cl)c1C(=O)N1CCN(c2ccccc2O)CC1. The first-order valence-electron chi connectivity index (χ1n) is 9.20. The molecule has 1 aliphatic rings. The summed E-state index contributed by atoms with van der Waals surface area (Å²) >= 11 is 12.6. The molecule has 8 heteroatoms. The number of anilines is 1. The van der Waals surface area contributed by atoms with Crippen LogP contribution in [0.25, 0.3) is 11.3 Å². The van der Waals surface area contributed by atoms with Crippen molar-refractivity contribution >= 4 is 34.8 Å². The lowest BCUT2D eigenvalue weighted by Gasteiger charge is -2.36. The largest absolute Gasteiger partial charge is 0.506 e. The summed E-state index contributed by atoms with van der Waals surface area (Å²) < 4.78 is 5.32. The smallest absolute Gasteiger partial charge is 0.259 e. The van der Waals surface area contributed by atoms with E-state index in [2.05, 4.69) is 10.1 Å². The van der Waals surface area contributed by atoms with Gasteiger partial charge in [-0.15, -0.1) is 0 Å². The molecular formula is C21H19Cl2N3O3. The van der Waals surface area contributed by atoms with Gasteiger partial charge in [0, 0.05) is 31.7 Å². The van der Waals surface area contributed by atoms with Crippen molar-refractivity contribution in [1.82, 2.24) is 10.1 Å². The van der Waals surface area contributed by atoms with E-state index < -0.39 is 0 Å². The predicted molar refractivity (Wildman–Crippen MR) is 113 cm³/mol. The van der Waals surface area contributed by atoms with Gasteiger partial charge in [0.15, 0.2) is 0 Å². The fourth-order valence-electron chi connectivity index (χ4n) is 3.56. The minimum atomic E-state index is -0.174. The molecule has 1 aliphatic heterocycles. The highest BCUT2D eigenvalue weighted by Gasteiger charge is 2.30. The van der Waals surface area contributed by atoms with E-state index in [1.807, 2.05) is 12.1 Å². The van der Waals surface area contributed by atoms with Crippen molar-refractivity contribution in [3.63, 3.8) is 0 Å². The highest BCUT2D eigenvalue weighted by atomic mass is 35.5. The van der Waals surface area contributed by atoms with Crippen LogP contribution in [0.3, 0.4) is 0 Å². The molecule has 0 unspecified atom stereocenters. The number of hydrogen-bond donors (Lipinski definition) is 1. The van der Waals surface area contributed by atoms with E-state index >= 15 is 0 Å². The van der Waals surface area contributed by atoms with Gasteiger partial charge in [-0.05, 0) is 31.2 Å². The molecule has 0 saturated carbocycles. The van der Waals surface area contributed by atoms with Crippen LogP contribution >= 0.6 is 23.2 Å². The quantitative estimate of drug-likeness (QED) is 0.654. The molecule has 0 aliphatic carbocycles. The standard InChI is InChI=1S/C21H19Cl2N3O3/c1-13-18(20(24-29-13)19-14(22)5-4-6-15(19)23)21(28)26-11-9-25(10-12-26)16-7-2-3-8-17(16)27/h2-8,27H,9-12H2,1H3. The number of piperazine rings is 1. The second kappa shape index (κ2) is 7.97. The Morgan fingerprint density at radius 2 is 1.69 bits per heavy atom. The molecule has 1 N–H and O–H groups in total. The van der Waals surface area contributed by atoms with Crippen molar-refractivity contribution in [3.8, 4) is 17.0 Å². The molecule has 29 heavy (non-hydrogen) atoms. The topological polar surface area (TPSA) is 69.8 Å². The van der Waals surface area contributed by atoms with Crippen LogP contribution in [0.2, 0.25) is 10.0 Å². The fraction of sp³-hybridized carbons (Fsp3) is 0.238. The van der Waals surface area contributed by atoms with Gasteiger partial charge in [-0.1, -0.05) is 46.6 Å². The summed E-state index contributed by atoms with van der Waals surface area (Å²) in [4.78, 5) is 17.1. The predicted octanol–water partition coefficient (Wildman–Crippen LogP) is 4.62. The number of para-hydroxylation sites is 2. The highest BCUT2D eigenvalue weighted by molar-refractivity contribution is 6.39. The third-order valence-corrected chi connectivity index (χ3v) is 5.70. The maximum Gasteiger partial charge on any atom is 0.259 e. The van der Waals surface area contributed by atoms with Gasteiger partial charge in [-0.3, -0.25) is 4.79 Å². The molecule has 4 rings (SSSR count). The van der Waals surface area contributed by atoms with E-state index in [-0.39, 0.29) is 11.7 Å². The number of nitrogens with zero attached hydrogens (tertiary/aromatic N) is 3. The molecule has 0 radical (unpaired) electrons. The summed E-state index contributed by atoms with van der Waals surface area (Å²) in [6.45, 7) is 3.93. The van der Waals surface area contributed by atoms with Crippen molar-refractivity contribution in [2.45, 2.75) is 6.92 Å². The molecular weight excluding hydrogens is 413 g/mol. The minimum Gasteiger partial charge on any atom is -0.506 e. The summed E-state index contributed by atoms with van der Waals surface area (Å²) in [6.07, 6.45) is 0. The number of amides is 1. The third-order valence-electron chi connectivity index (χ3n) is 5.07. The zero-order valence-electron chi connectivity index (χ0n) is 15.7. The van der Waals surface area contributed by atoms with Gasteiger partial charge in [-0.25, -0.2) is 0 Å². The van der Waals surface area contributed by atoms with E-state index in [1.165, 1.54) is 0 Å². The van der Waals surface area contributed by atoms with Crippen LogP contribution in [0.15, 0.2) is 47.0 Å². The zero-order chi connectivity index (χ0) is 20.5. The van der Waals surface area contributed by atoms with Gasteiger partial charge in [0.05, 0.1) is 15.7 Å². The molecule has 1 saturated heterocycles. The Morgan fingerprint density at radius 1 is 1.03 bits per heavy atom. The van der Waals surface area contributed by atoms with Crippen LogP contribution in [0.4, 0.5) is 5.69 Å². The van der Waals surface area contributed by atoms with Crippen molar-refractivity contribution in [1.29, 1.82) is 0 Å². The lowest BCUT2D eigenvalue weighted by Crippen LogP contribution is -2.49. The van der Waals surface area contributed by atoms with Crippen LogP contribution in [-0.2, 0) is 0 Å². The molecule has 0 bridgehead atoms. The molecule has 2 heterocycles. The van der Waals surface area contributed by atoms with Crippen molar-refractivity contribution in [2.75, 3.05) is 31.1 Å². The fourth-order valence-corrected chi connectivity index (χ4v) is 4.14. The number of phenols is 1. The average Bonchev–Trinajstić information content (AvgIpc) is 3.09. The van der Waals surface area contributed by atoms with Crippen LogP contribution in [0.1, 0.15) is 16.1 Å². The Bertz CT molecular complexity index is 1040. The number of rotatable bonds is 3. The second-order valence-electron chi connectivity index (χ2n) is 6.83. The molecule has 0 atom stereocenters. The maximum absolute atomic E-state index is 13.3. The third kappa shape index (κ3) is 3.66. The van der Waals surface area contributed by atoms with Gasteiger partial charge in [0.1, 0.15) is 22.8 Å². The summed E-state index contributed by atoms with van der Waals surface area (Å²) in [5.41, 5.74) is 1.98. The normalized spacial score (nSPS) is 14.3. The summed E-state index contributed by atoms with van der Waals surface area (Å²) in [5.74, 6) is 0.480. The van der Waals surface area contributed by atoms with Gasteiger partial charge < -0.3 is 19.4 Å². The molecule has 1 amide bonds. The van der Waals surface area contributed by atoms with Gasteiger partial charge in [-0.2, -0.15) is 0 Å². The van der Waals surface area contributed by atoms with E-state index in [0.717, 1.165) is 5.69 Å². The van der Waals surface area contributed by atoms with Crippen LogP contribution < -0.4 is 4.90 Å². The molecule has 2 aromatic carbocycles. The number of carbonyl (C=O) groups is 1. The van der Waals surface area contributed by atoms with E-state index in [1.54, 1.807) is 42.2 Å². The molecule has 0 spiro atoms. The maximum atomic E-state index is 13.3. The Hall–Kier alpha value is -2.70. The number of aryl methyl sites for hydroxylation is 1. The first-order valence-corrected chi connectivity index (χ1v) is 9.96. The lowest BCUT2D eigenvalue weighted by atomic mass is 10.0. The Balaban J connectivity index is 1.58. The number of aromatic hydroxyl groups is 1. The number of hydrogen-bond acceptors (Lipinski definition) is 5. The van der Waals surface area contributed by atoms with Crippen LogP contribution in [0.5, 0.6) is 5.75 Å². The Kier molecular flexibility index (Phi) is 5.39.